The first-order chi connectivity index (χ1) is 9.41. The number of nitrogens with zero attached hydrogens (tertiary/aromatic N) is 1. The van der Waals surface area contributed by atoms with Crippen LogP contribution in [0.3, 0.4) is 0 Å². The third kappa shape index (κ3) is 4.57. The highest BCUT2D eigenvalue weighted by Gasteiger charge is 2.16. The smallest absolute Gasteiger partial charge is 0.276 e. The van der Waals surface area contributed by atoms with Gasteiger partial charge in [0.15, 0.2) is 11.8 Å². The van der Waals surface area contributed by atoms with Crippen LogP contribution in [0.5, 0.6) is 0 Å². The molecule has 0 aliphatic rings. The molecule has 0 bridgehead atoms. The lowest BCUT2D eigenvalue weighted by molar-refractivity contribution is -0.117. The van der Waals surface area contributed by atoms with Gasteiger partial charge in [-0.2, -0.15) is 0 Å². The molecule has 0 spiro atoms. The van der Waals surface area contributed by atoms with Gasteiger partial charge in [-0.05, 0) is 12.8 Å². The van der Waals surface area contributed by atoms with E-state index in [-0.39, 0.29) is 17.5 Å². The van der Waals surface area contributed by atoms with Crippen LogP contribution in [0.25, 0.3) is 0 Å². The zero-order chi connectivity index (χ0) is 15.1. The molecule has 0 saturated heterocycles. The number of amides is 1. The maximum Gasteiger partial charge on any atom is 0.276 e. The summed E-state index contributed by atoms with van der Waals surface area (Å²) in [4.78, 5) is 29.2. The van der Waals surface area contributed by atoms with Gasteiger partial charge in [-0.15, -0.1) is 0 Å². The van der Waals surface area contributed by atoms with E-state index in [1.54, 1.807) is 0 Å². The van der Waals surface area contributed by atoms with Crippen LogP contribution in [0, 0.1) is 5.41 Å². The van der Waals surface area contributed by atoms with E-state index in [0.717, 1.165) is 6.33 Å². The van der Waals surface area contributed by atoms with Gasteiger partial charge in [0.25, 0.3) is 5.56 Å². The molecule has 110 valence electrons. The number of guanidine groups is 1. The fraction of sp³-hybridized carbons (Fsp3) is 0.400. The quantitative estimate of drug-likeness (QED) is 0.176. The standard InChI is InChI=1S/C10H18N8O2/c11-5(2-1-3-15-10(13)14)8(19)18-6-7(12)16-4-17-9(6)20/h4-5H,1-3,11H2,(H,18,19)(H4,13,14,15)(H3,12,16,17,20)/t5-/m0/s1. The second kappa shape index (κ2) is 7.09. The number of H-pyrrole nitrogens is 1. The number of hydrogen-bond acceptors (Lipinski definition) is 6. The molecule has 0 radical (unpaired) electrons. The maximum absolute atomic E-state index is 11.8. The molecule has 10 heteroatoms. The lowest BCUT2D eigenvalue weighted by atomic mass is 10.1. The summed E-state index contributed by atoms with van der Waals surface area (Å²) in [5.74, 6) is -0.747. The number of carbonyl (C=O) groups excluding carboxylic acids is 1. The number of rotatable bonds is 6. The van der Waals surface area contributed by atoms with Gasteiger partial charge in [0.1, 0.15) is 5.69 Å². The average Bonchev–Trinajstić information content (AvgIpc) is 2.38. The Hall–Kier alpha value is -2.62. The van der Waals surface area contributed by atoms with Crippen LogP contribution < -0.4 is 33.4 Å². The minimum absolute atomic E-state index is 0.0763. The molecular formula is C10H18N8O2. The van der Waals surface area contributed by atoms with E-state index in [1.807, 2.05) is 0 Å². The van der Waals surface area contributed by atoms with E-state index < -0.39 is 17.5 Å². The molecule has 1 heterocycles. The topological polar surface area (TPSA) is 189 Å². The Balaban J connectivity index is 2.50. The summed E-state index contributed by atoms with van der Waals surface area (Å²) in [6.07, 6.45) is 2.05. The number of carbonyl (C=O) groups is 1. The molecule has 0 aliphatic heterocycles. The summed E-state index contributed by atoms with van der Waals surface area (Å²) < 4.78 is 0. The lowest BCUT2D eigenvalue weighted by Gasteiger charge is -2.12. The highest BCUT2D eigenvalue weighted by Crippen LogP contribution is 2.07. The molecule has 1 aromatic heterocycles. The first kappa shape index (κ1) is 15.4. The van der Waals surface area contributed by atoms with Crippen molar-refractivity contribution in [1.82, 2.24) is 15.3 Å². The molecule has 1 atom stereocenters. The summed E-state index contributed by atoms with van der Waals surface area (Å²) in [6.45, 7) is 0.436. The van der Waals surface area contributed by atoms with Crippen molar-refractivity contribution in [3.05, 3.63) is 16.7 Å². The molecule has 1 rings (SSSR count). The molecule has 10 nitrogen and oxygen atoms in total. The normalized spacial score (nSPS) is 11.7. The molecule has 10 N–H and O–H groups in total. The van der Waals surface area contributed by atoms with Gasteiger partial charge in [0.2, 0.25) is 5.91 Å². The van der Waals surface area contributed by atoms with Crippen LogP contribution in [0.4, 0.5) is 11.5 Å². The summed E-state index contributed by atoms with van der Waals surface area (Å²) in [7, 11) is 0. The van der Waals surface area contributed by atoms with Crippen LogP contribution >= 0.6 is 0 Å². The zero-order valence-electron chi connectivity index (χ0n) is 10.8. The molecule has 0 fully saturated rings. The van der Waals surface area contributed by atoms with Crippen molar-refractivity contribution < 1.29 is 4.79 Å². The lowest BCUT2D eigenvalue weighted by Crippen LogP contribution is -2.38. The highest BCUT2D eigenvalue weighted by atomic mass is 16.2. The third-order valence-electron chi connectivity index (χ3n) is 2.47. The number of anilines is 2. The van der Waals surface area contributed by atoms with Crippen LogP contribution in [0.1, 0.15) is 12.8 Å². The Morgan fingerprint density at radius 1 is 1.55 bits per heavy atom. The van der Waals surface area contributed by atoms with Gasteiger partial charge in [-0.3, -0.25) is 15.0 Å². The van der Waals surface area contributed by atoms with Gasteiger partial charge < -0.3 is 32.8 Å². The highest BCUT2D eigenvalue weighted by molar-refractivity contribution is 5.96. The molecular weight excluding hydrogens is 264 g/mol. The third-order valence-corrected chi connectivity index (χ3v) is 2.47. The van der Waals surface area contributed by atoms with E-state index in [1.165, 1.54) is 0 Å². The Morgan fingerprint density at radius 2 is 2.25 bits per heavy atom. The second-order valence-electron chi connectivity index (χ2n) is 4.07. The minimum Gasteiger partial charge on any atom is -0.382 e. The molecule has 0 saturated carbocycles. The van der Waals surface area contributed by atoms with Gasteiger partial charge in [0, 0.05) is 6.54 Å². The summed E-state index contributed by atoms with van der Waals surface area (Å²) in [6, 6.07) is -0.803. The molecule has 0 unspecified atom stereocenters. The van der Waals surface area contributed by atoms with Gasteiger partial charge in [0.05, 0.1) is 12.4 Å². The first-order valence-corrected chi connectivity index (χ1v) is 5.89. The number of nitrogens with one attached hydrogen (secondary N) is 4. The SMILES string of the molecule is N=C(N)NCCC[C@H](N)C(=O)Nc1c(N)nc[nH]c1=O. The Bertz CT molecular complexity index is 540. The number of aromatic nitrogens is 2. The molecule has 20 heavy (non-hydrogen) atoms. The van der Waals surface area contributed by atoms with Gasteiger partial charge >= 0.3 is 0 Å². The number of nitrogen functional groups attached to an aromatic ring is 1. The Kier molecular flexibility index (Phi) is 5.47. The predicted molar refractivity (Wildman–Crippen MR) is 75.0 cm³/mol. The van der Waals surface area contributed by atoms with E-state index >= 15 is 0 Å². The van der Waals surface area contributed by atoms with Crippen LogP contribution in [0.15, 0.2) is 11.1 Å². The van der Waals surface area contributed by atoms with E-state index in [2.05, 4.69) is 20.6 Å². The number of hydrogen-bond donors (Lipinski definition) is 7. The van der Waals surface area contributed by atoms with Crippen LogP contribution in [-0.4, -0.2) is 34.4 Å². The predicted octanol–water partition coefficient (Wildman–Crippen LogP) is -2.12. The summed E-state index contributed by atoms with van der Waals surface area (Å²) in [5, 5.41) is 11.9. The summed E-state index contributed by atoms with van der Waals surface area (Å²) in [5.41, 5.74) is 15.6. The molecule has 1 amide bonds. The Labute approximate surface area is 114 Å². The monoisotopic (exact) mass is 282 g/mol. The van der Waals surface area contributed by atoms with Crippen LogP contribution in [-0.2, 0) is 4.79 Å². The molecule has 1 aromatic rings. The largest absolute Gasteiger partial charge is 0.382 e. The van der Waals surface area contributed by atoms with E-state index in [0.29, 0.717) is 19.4 Å². The van der Waals surface area contributed by atoms with Gasteiger partial charge in [-0.25, -0.2) is 4.98 Å². The van der Waals surface area contributed by atoms with Crippen molar-refractivity contribution in [3.8, 4) is 0 Å². The summed E-state index contributed by atoms with van der Waals surface area (Å²) >= 11 is 0. The average molecular weight is 282 g/mol. The molecule has 0 aromatic carbocycles. The molecule has 0 aliphatic carbocycles. The van der Waals surface area contributed by atoms with Crippen molar-refractivity contribution in [2.24, 2.45) is 11.5 Å². The fourth-order valence-electron chi connectivity index (χ4n) is 1.43. The first-order valence-electron chi connectivity index (χ1n) is 5.89. The van der Waals surface area contributed by atoms with Crippen molar-refractivity contribution in [3.63, 3.8) is 0 Å². The van der Waals surface area contributed by atoms with E-state index in [9.17, 15) is 9.59 Å². The Morgan fingerprint density at radius 3 is 2.85 bits per heavy atom. The van der Waals surface area contributed by atoms with E-state index in [4.69, 9.17) is 22.6 Å². The van der Waals surface area contributed by atoms with Gasteiger partial charge in [-0.1, -0.05) is 0 Å². The zero-order valence-corrected chi connectivity index (χ0v) is 10.8. The van der Waals surface area contributed by atoms with Crippen LogP contribution in [0.2, 0.25) is 0 Å². The number of nitrogens with two attached hydrogens (primary N) is 3. The van der Waals surface area contributed by atoms with Crippen molar-refractivity contribution in [1.29, 1.82) is 5.41 Å². The van der Waals surface area contributed by atoms with Crippen molar-refractivity contribution >= 4 is 23.4 Å². The fourth-order valence-corrected chi connectivity index (χ4v) is 1.43. The van der Waals surface area contributed by atoms with Crippen molar-refractivity contribution in [2.75, 3.05) is 17.6 Å². The minimum atomic E-state index is -0.803. The van der Waals surface area contributed by atoms with Crippen molar-refractivity contribution in [2.45, 2.75) is 18.9 Å². The number of aromatic amines is 1. The maximum atomic E-state index is 11.8. The second-order valence-corrected chi connectivity index (χ2v) is 4.07.